The topological polar surface area (TPSA) is 75.6 Å². The van der Waals surface area contributed by atoms with Gasteiger partial charge in [0.25, 0.3) is 0 Å². The molecule has 11 aromatic rings. The quantitative estimate of drug-likeness (QED) is 0.169. The number of fused-ring (bicyclic) bond motifs is 6. The average Bonchev–Trinajstić information content (AvgIpc) is 3.87. The van der Waals surface area contributed by atoms with Gasteiger partial charge in [-0.05, 0) is 88.0 Å². The van der Waals surface area contributed by atoms with Crippen molar-refractivity contribution in [3.63, 3.8) is 0 Å². The zero-order chi connectivity index (χ0) is 38.6. The van der Waals surface area contributed by atoms with E-state index in [9.17, 15) is 5.26 Å². The van der Waals surface area contributed by atoms with E-state index in [4.69, 9.17) is 19.4 Å². The maximum Gasteiger partial charge on any atom is 0.164 e. The fourth-order valence-corrected chi connectivity index (χ4v) is 9.16. The molecule has 0 amide bonds. The first-order valence-corrected chi connectivity index (χ1v) is 19.9. The van der Waals surface area contributed by atoms with E-state index in [1.165, 1.54) is 25.9 Å². The first-order valence-electron chi connectivity index (χ1n) is 19.1. The van der Waals surface area contributed by atoms with Crippen LogP contribution in [0.4, 0.5) is 0 Å². The molecule has 3 heterocycles. The van der Waals surface area contributed by atoms with E-state index in [1.54, 1.807) is 11.3 Å². The van der Waals surface area contributed by atoms with Crippen molar-refractivity contribution >= 4 is 53.4 Å². The zero-order valence-electron chi connectivity index (χ0n) is 30.9. The summed E-state index contributed by atoms with van der Waals surface area (Å²) < 4.78 is 9.00. The van der Waals surface area contributed by atoms with Crippen molar-refractivity contribution < 1.29 is 4.42 Å². The fourth-order valence-electron chi connectivity index (χ4n) is 8.02. The Morgan fingerprint density at radius 3 is 1.84 bits per heavy atom. The second kappa shape index (κ2) is 13.8. The molecule has 0 N–H and O–H groups in total. The minimum atomic E-state index is 0.548. The third-order valence-electron chi connectivity index (χ3n) is 10.8. The second-order valence-corrected chi connectivity index (χ2v) is 15.4. The maximum atomic E-state index is 9.58. The normalized spacial score (nSPS) is 11.4. The van der Waals surface area contributed by atoms with Crippen LogP contribution in [0.2, 0.25) is 0 Å². The Labute approximate surface area is 337 Å². The van der Waals surface area contributed by atoms with Crippen LogP contribution in [0.25, 0.3) is 110 Å². The first kappa shape index (κ1) is 33.6. The number of benzene rings is 8. The lowest BCUT2D eigenvalue weighted by Gasteiger charge is -2.11. The van der Waals surface area contributed by atoms with Gasteiger partial charge < -0.3 is 4.42 Å². The zero-order valence-corrected chi connectivity index (χ0v) is 31.7. The van der Waals surface area contributed by atoms with E-state index in [0.717, 1.165) is 66.3 Å². The summed E-state index contributed by atoms with van der Waals surface area (Å²) in [7, 11) is 0. The highest BCUT2D eigenvalue weighted by molar-refractivity contribution is 7.25. The molecule has 0 atom stereocenters. The standard InChI is InChI=1S/C52H30N4OS/c53-31-32-11-6-14-34(27-32)36-16-8-18-38(29-36)50-54-51(56-52(55-50)43-21-10-24-47-49(43)42-19-4-5-23-46(42)58-47)39-25-26-41-45(30-39)57-44-22-9-20-40(48(41)44)37-17-7-15-35(28-37)33-12-2-1-3-13-33/h1-30H. The van der Waals surface area contributed by atoms with Crippen LogP contribution in [0.3, 0.4) is 0 Å². The van der Waals surface area contributed by atoms with E-state index >= 15 is 0 Å². The molecule has 0 aliphatic rings. The van der Waals surface area contributed by atoms with Gasteiger partial charge in [-0.3, -0.25) is 0 Å². The SMILES string of the molecule is N#Cc1cccc(-c2cccc(-c3nc(-c4ccc5c(c4)oc4cccc(-c6cccc(-c7ccccc7)c6)c45)nc(-c4cccc5sc6ccccc6c45)n3)c2)c1. The lowest BCUT2D eigenvalue weighted by molar-refractivity contribution is 0.669. The molecule has 5 nitrogen and oxygen atoms in total. The molecule has 0 aliphatic carbocycles. The molecule has 3 aromatic heterocycles. The Kier molecular flexibility index (Phi) is 7.99. The van der Waals surface area contributed by atoms with Gasteiger partial charge >= 0.3 is 0 Å². The average molecular weight is 759 g/mol. The summed E-state index contributed by atoms with van der Waals surface area (Å²) in [6, 6.07) is 64.5. The Balaban J connectivity index is 1.08. The number of hydrogen-bond acceptors (Lipinski definition) is 6. The van der Waals surface area contributed by atoms with Gasteiger partial charge in [-0.2, -0.15) is 5.26 Å². The Morgan fingerprint density at radius 1 is 0.397 bits per heavy atom. The molecule has 0 unspecified atom stereocenters. The molecule has 11 rings (SSSR count). The summed E-state index contributed by atoms with van der Waals surface area (Å²) in [6.45, 7) is 0. The monoisotopic (exact) mass is 758 g/mol. The van der Waals surface area contributed by atoms with Gasteiger partial charge in [0.1, 0.15) is 11.2 Å². The smallest absolute Gasteiger partial charge is 0.164 e. The minimum Gasteiger partial charge on any atom is -0.456 e. The molecule has 8 aromatic carbocycles. The Hall–Kier alpha value is -7.72. The molecule has 58 heavy (non-hydrogen) atoms. The van der Waals surface area contributed by atoms with Crippen molar-refractivity contribution in [2.75, 3.05) is 0 Å². The number of thiophene rings is 1. The van der Waals surface area contributed by atoms with Crippen molar-refractivity contribution in [3.8, 4) is 73.6 Å². The molecule has 0 saturated heterocycles. The van der Waals surface area contributed by atoms with Crippen molar-refractivity contribution in [2.45, 2.75) is 0 Å². The number of furan rings is 1. The van der Waals surface area contributed by atoms with Gasteiger partial charge in [-0.1, -0.05) is 127 Å². The molecule has 0 saturated carbocycles. The second-order valence-electron chi connectivity index (χ2n) is 14.3. The maximum absolute atomic E-state index is 9.58. The van der Waals surface area contributed by atoms with Crippen LogP contribution in [0.5, 0.6) is 0 Å². The van der Waals surface area contributed by atoms with E-state index in [2.05, 4.69) is 127 Å². The summed E-state index contributed by atoms with van der Waals surface area (Å²) >= 11 is 1.77. The number of nitrogens with zero attached hydrogens (tertiary/aromatic N) is 4. The highest BCUT2D eigenvalue weighted by atomic mass is 32.1. The van der Waals surface area contributed by atoms with Crippen molar-refractivity contribution in [1.29, 1.82) is 5.26 Å². The summed E-state index contributed by atoms with van der Waals surface area (Å²) in [5, 5.41) is 14.0. The van der Waals surface area contributed by atoms with Crippen molar-refractivity contribution in [1.82, 2.24) is 15.0 Å². The van der Waals surface area contributed by atoms with Gasteiger partial charge in [-0.15, -0.1) is 11.3 Å². The van der Waals surface area contributed by atoms with Crippen molar-refractivity contribution in [3.05, 3.63) is 188 Å². The molecule has 6 heteroatoms. The lowest BCUT2D eigenvalue weighted by atomic mass is 9.96. The predicted octanol–water partition coefficient (Wildman–Crippen LogP) is 14.0. The van der Waals surface area contributed by atoms with Crippen LogP contribution in [-0.4, -0.2) is 15.0 Å². The van der Waals surface area contributed by atoms with Crippen molar-refractivity contribution in [2.24, 2.45) is 0 Å². The van der Waals surface area contributed by atoms with E-state index < -0.39 is 0 Å². The van der Waals surface area contributed by atoms with Gasteiger partial charge in [-0.25, -0.2) is 15.0 Å². The fraction of sp³-hybridized carbons (Fsp3) is 0. The number of nitriles is 1. The lowest BCUT2D eigenvalue weighted by Crippen LogP contribution is -2.00. The third kappa shape index (κ3) is 5.81. The molecule has 270 valence electrons. The van der Waals surface area contributed by atoms with E-state index in [-0.39, 0.29) is 0 Å². The van der Waals surface area contributed by atoms with E-state index in [1.807, 2.05) is 60.7 Å². The van der Waals surface area contributed by atoms with Gasteiger partial charge in [0.2, 0.25) is 0 Å². The molecule has 0 spiro atoms. The van der Waals surface area contributed by atoms with Gasteiger partial charge in [0.05, 0.1) is 11.6 Å². The highest BCUT2D eigenvalue weighted by Gasteiger charge is 2.19. The summed E-state index contributed by atoms with van der Waals surface area (Å²) in [5.74, 6) is 1.70. The van der Waals surface area contributed by atoms with Crippen LogP contribution in [0, 0.1) is 11.3 Å². The minimum absolute atomic E-state index is 0.548. The van der Waals surface area contributed by atoms with E-state index in [0.29, 0.717) is 23.0 Å². The molecule has 0 aliphatic heterocycles. The van der Waals surface area contributed by atoms with Gasteiger partial charge in [0.15, 0.2) is 17.5 Å². The molecule has 0 bridgehead atoms. The number of hydrogen-bond donors (Lipinski definition) is 0. The Bertz CT molecular complexity index is 3430. The van der Waals surface area contributed by atoms with Crippen LogP contribution < -0.4 is 0 Å². The number of aromatic nitrogens is 3. The first-order chi connectivity index (χ1) is 28.7. The number of rotatable bonds is 6. The molecular weight excluding hydrogens is 729 g/mol. The third-order valence-corrected chi connectivity index (χ3v) is 11.9. The summed E-state index contributed by atoms with van der Waals surface area (Å²) in [6.07, 6.45) is 0. The molecular formula is C52H30N4OS. The van der Waals surface area contributed by atoms with Crippen LogP contribution >= 0.6 is 11.3 Å². The van der Waals surface area contributed by atoms with Crippen LogP contribution in [0.15, 0.2) is 186 Å². The van der Waals surface area contributed by atoms with Crippen LogP contribution in [0.1, 0.15) is 5.56 Å². The largest absolute Gasteiger partial charge is 0.456 e. The highest BCUT2D eigenvalue weighted by Crippen LogP contribution is 2.42. The molecule has 0 fully saturated rings. The molecule has 0 radical (unpaired) electrons. The summed E-state index contributed by atoms with van der Waals surface area (Å²) in [4.78, 5) is 15.5. The Morgan fingerprint density at radius 2 is 1.00 bits per heavy atom. The predicted molar refractivity (Wildman–Crippen MR) is 237 cm³/mol. The summed E-state index contributed by atoms with van der Waals surface area (Å²) in [5.41, 5.74) is 11.3. The van der Waals surface area contributed by atoms with Crippen LogP contribution in [-0.2, 0) is 0 Å². The van der Waals surface area contributed by atoms with Gasteiger partial charge in [0, 0.05) is 47.6 Å².